The van der Waals surface area contributed by atoms with Crippen LogP contribution in [0.25, 0.3) is 21.3 Å². The van der Waals surface area contributed by atoms with Gasteiger partial charge in [-0.15, -0.1) is 11.3 Å². The zero-order chi connectivity index (χ0) is 18.0. The van der Waals surface area contributed by atoms with Gasteiger partial charge in [0, 0.05) is 10.9 Å². The summed E-state index contributed by atoms with van der Waals surface area (Å²) < 4.78 is 13.2. The molecule has 0 spiro atoms. The van der Waals surface area contributed by atoms with Crippen LogP contribution in [0.2, 0.25) is 0 Å². The van der Waals surface area contributed by atoms with E-state index in [0.29, 0.717) is 5.03 Å². The fraction of sp³-hybridized carbons (Fsp3) is 0.125. The van der Waals surface area contributed by atoms with Crippen molar-refractivity contribution in [1.29, 1.82) is 0 Å². The normalized spacial score (nSPS) is 12.1. The van der Waals surface area contributed by atoms with Crippen molar-refractivity contribution in [3.63, 3.8) is 0 Å². The van der Waals surface area contributed by atoms with Crippen molar-refractivity contribution in [2.75, 3.05) is 0 Å². The molecule has 25 heavy (non-hydrogen) atoms. The van der Waals surface area contributed by atoms with Gasteiger partial charge in [0.2, 0.25) is 5.91 Å². The topological polar surface area (TPSA) is 98.0 Å². The lowest BCUT2D eigenvalue weighted by Gasteiger charge is -2.11. The molecular weight excluding hydrogens is 363 g/mol. The Hall–Kier alpha value is -2.52. The Morgan fingerprint density at radius 1 is 1.28 bits per heavy atom. The lowest BCUT2D eigenvalue weighted by Crippen LogP contribution is -2.39. The summed E-state index contributed by atoms with van der Waals surface area (Å²) in [6.45, 7) is 1.65. The van der Waals surface area contributed by atoms with Crippen LogP contribution in [0.4, 0.5) is 9.18 Å². The average molecular weight is 376 g/mol. The number of fused-ring (bicyclic) bond motifs is 1. The van der Waals surface area contributed by atoms with Gasteiger partial charge in [-0.25, -0.2) is 19.2 Å². The number of imide groups is 1. The van der Waals surface area contributed by atoms with Crippen molar-refractivity contribution in [2.24, 2.45) is 5.73 Å². The number of thiophene rings is 1. The number of carbonyl (C=O) groups excluding carboxylic acids is 2. The highest BCUT2D eigenvalue weighted by atomic mass is 32.2. The van der Waals surface area contributed by atoms with Gasteiger partial charge < -0.3 is 5.73 Å². The molecule has 0 aliphatic carbocycles. The number of halogens is 1. The lowest BCUT2D eigenvalue weighted by molar-refractivity contribution is -0.119. The summed E-state index contributed by atoms with van der Waals surface area (Å²) in [5.41, 5.74) is 6.67. The molecule has 6 nitrogen and oxygen atoms in total. The molecule has 128 valence electrons. The summed E-state index contributed by atoms with van der Waals surface area (Å²) >= 11 is 2.64. The Bertz CT molecular complexity index is 943. The van der Waals surface area contributed by atoms with E-state index in [9.17, 15) is 14.0 Å². The molecule has 9 heteroatoms. The number of rotatable bonds is 4. The van der Waals surface area contributed by atoms with Gasteiger partial charge in [0.25, 0.3) is 0 Å². The van der Waals surface area contributed by atoms with Gasteiger partial charge >= 0.3 is 6.03 Å². The second-order valence-corrected chi connectivity index (χ2v) is 7.32. The smallest absolute Gasteiger partial charge is 0.318 e. The monoisotopic (exact) mass is 376 g/mol. The minimum absolute atomic E-state index is 0.314. The highest BCUT2D eigenvalue weighted by molar-refractivity contribution is 8.00. The zero-order valence-corrected chi connectivity index (χ0v) is 14.7. The molecule has 2 aromatic heterocycles. The molecular formula is C16H13FN4O2S2. The second-order valence-electron chi connectivity index (χ2n) is 5.13. The molecule has 3 aromatic rings. The van der Waals surface area contributed by atoms with Crippen LogP contribution < -0.4 is 11.1 Å². The fourth-order valence-electron chi connectivity index (χ4n) is 2.22. The second kappa shape index (κ2) is 7.16. The lowest BCUT2D eigenvalue weighted by atomic mass is 10.1. The van der Waals surface area contributed by atoms with Crippen LogP contribution in [0.15, 0.2) is 41.0 Å². The summed E-state index contributed by atoms with van der Waals surface area (Å²) in [6, 6.07) is 5.24. The molecule has 3 rings (SSSR count). The van der Waals surface area contributed by atoms with E-state index in [1.807, 2.05) is 5.38 Å². The quantitative estimate of drug-likeness (QED) is 0.538. The summed E-state index contributed by atoms with van der Waals surface area (Å²) in [5.74, 6) is -0.811. The first-order valence-corrected chi connectivity index (χ1v) is 8.96. The number of primary amides is 1. The maximum absolute atomic E-state index is 13.2. The Morgan fingerprint density at radius 2 is 2.00 bits per heavy atom. The zero-order valence-electron chi connectivity index (χ0n) is 13.0. The van der Waals surface area contributed by atoms with E-state index in [1.54, 1.807) is 19.1 Å². The van der Waals surface area contributed by atoms with Crippen LogP contribution in [0.1, 0.15) is 6.92 Å². The van der Waals surface area contributed by atoms with Crippen molar-refractivity contribution in [3.8, 4) is 11.1 Å². The number of hydrogen-bond acceptors (Lipinski definition) is 6. The Balaban J connectivity index is 1.98. The standard InChI is InChI=1S/C16H13FN4O2S2/c1-8(13(22)21-16(18)23)25-15-12-11(6-24-14(12)19-7-20-15)9-2-4-10(17)5-3-9/h2-8H,1H3,(H3,18,21,22,23)/t8-/m0/s1. The van der Waals surface area contributed by atoms with Gasteiger partial charge in [-0.2, -0.15) is 0 Å². The number of benzene rings is 1. The minimum atomic E-state index is -0.896. The number of carbonyl (C=O) groups is 2. The van der Waals surface area contributed by atoms with Crippen molar-refractivity contribution in [3.05, 3.63) is 41.8 Å². The summed E-state index contributed by atoms with van der Waals surface area (Å²) in [4.78, 5) is 32.0. The first-order chi connectivity index (χ1) is 12.0. The van der Waals surface area contributed by atoms with Crippen molar-refractivity contribution in [2.45, 2.75) is 17.2 Å². The number of urea groups is 1. The van der Waals surface area contributed by atoms with Gasteiger partial charge in [-0.05, 0) is 24.6 Å². The van der Waals surface area contributed by atoms with E-state index in [4.69, 9.17) is 5.73 Å². The van der Waals surface area contributed by atoms with Crippen molar-refractivity contribution < 1.29 is 14.0 Å². The van der Waals surface area contributed by atoms with Gasteiger partial charge in [0.15, 0.2) is 0 Å². The Kier molecular flexibility index (Phi) is 4.95. The number of aromatic nitrogens is 2. The summed E-state index contributed by atoms with van der Waals surface area (Å²) in [5, 5.41) is 4.80. The number of nitrogens with one attached hydrogen (secondary N) is 1. The number of amides is 3. The highest BCUT2D eigenvalue weighted by Gasteiger charge is 2.20. The molecule has 1 atom stereocenters. The SMILES string of the molecule is C[C@H](Sc1ncnc2scc(-c3ccc(F)cc3)c12)C(=O)NC(N)=O. The van der Waals surface area contributed by atoms with Gasteiger partial charge in [0.1, 0.15) is 22.0 Å². The molecule has 0 aliphatic heterocycles. The number of nitrogens with two attached hydrogens (primary N) is 1. The van der Waals surface area contributed by atoms with Gasteiger partial charge in [-0.1, -0.05) is 23.9 Å². The van der Waals surface area contributed by atoms with E-state index >= 15 is 0 Å². The largest absolute Gasteiger partial charge is 0.351 e. The molecule has 1 aromatic carbocycles. The molecule has 3 amide bonds. The van der Waals surface area contributed by atoms with Crippen LogP contribution in [0.5, 0.6) is 0 Å². The molecule has 0 radical (unpaired) electrons. The maximum atomic E-state index is 13.2. The third-order valence-electron chi connectivity index (χ3n) is 3.39. The predicted molar refractivity (Wildman–Crippen MR) is 95.9 cm³/mol. The van der Waals surface area contributed by atoms with Crippen LogP contribution in [0, 0.1) is 5.82 Å². The van der Waals surface area contributed by atoms with Crippen molar-refractivity contribution >= 4 is 45.3 Å². The van der Waals surface area contributed by atoms with Crippen LogP contribution in [0.3, 0.4) is 0 Å². The van der Waals surface area contributed by atoms with Crippen LogP contribution in [-0.4, -0.2) is 27.2 Å². The third kappa shape index (κ3) is 3.77. The van der Waals surface area contributed by atoms with Crippen LogP contribution >= 0.6 is 23.1 Å². The minimum Gasteiger partial charge on any atom is -0.351 e. The van der Waals surface area contributed by atoms with E-state index in [2.05, 4.69) is 15.3 Å². The molecule has 0 saturated heterocycles. The average Bonchev–Trinajstić information content (AvgIpc) is 3.00. The number of hydrogen-bond donors (Lipinski definition) is 2. The summed E-state index contributed by atoms with van der Waals surface area (Å²) in [6.07, 6.45) is 1.42. The number of nitrogens with zero attached hydrogens (tertiary/aromatic N) is 2. The molecule has 0 bridgehead atoms. The molecule has 3 N–H and O–H groups in total. The van der Waals surface area contributed by atoms with E-state index in [1.165, 1.54) is 41.6 Å². The first-order valence-electron chi connectivity index (χ1n) is 7.21. The Labute approximate surface area is 150 Å². The molecule has 0 aliphatic rings. The number of thioether (sulfide) groups is 1. The van der Waals surface area contributed by atoms with E-state index < -0.39 is 17.2 Å². The van der Waals surface area contributed by atoms with E-state index in [-0.39, 0.29) is 5.82 Å². The molecule has 0 saturated carbocycles. The van der Waals surface area contributed by atoms with Gasteiger partial charge in [-0.3, -0.25) is 10.1 Å². The molecule has 2 heterocycles. The van der Waals surface area contributed by atoms with E-state index in [0.717, 1.165) is 21.3 Å². The Morgan fingerprint density at radius 3 is 2.68 bits per heavy atom. The third-order valence-corrected chi connectivity index (χ3v) is 5.38. The molecule has 0 unspecified atom stereocenters. The first kappa shape index (κ1) is 17.3. The maximum Gasteiger partial charge on any atom is 0.318 e. The predicted octanol–water partition coefficient (Wildman–Crippen LogP) is 3.17. The fourth-order valence-corrected chi connectivity index (χ4v) is 4.14. The van der Waals surface area contributed by atoms with Crippen molar-refractivity contribution in [1.82, 2.24) is 15.3 Å². The highest BCUT2D eigenvalue weighted by Crippen LogP contribution is 2.38. The van der Waals surface area contributed by atoms with Crippen LogP contribution in [-0.2, 0) is 4.79 Å². The summed E-state index contributed by atoms with van der Waals surface area (Å²) in [7, 11) is 0. The molecule has 0 fully saturated rings. The van der Waals surface area contributed by atoms with Gasteiger partial charge in [0.05, 0.1) is 10.6 Å².